The van der Waals surface area contributed by atoms with Gasteiger partial charge in [0.05, 0.1) is 11.4 Å². The third-order valence-electron chi connectivity index (χ3n) is 4.24. The molecule has 1 aromatic carbocycles. The predicted octanol–water partition coefficient (Wildman–Crippen LogP) is 1.35. The summed E-state index contributed by atoms with van der Waals surface area (Å²) in [5.41, 5.74) is 0.400. The maximum absolute atomic E-state index is 13.7. The fraction of sp³-hybridized carbons (Fsp3) is 0.438. The minimum atomic E-state index is -0.582. The number of hydrogen-bond donors (Lipinski definition) is 2. The van der Waals surface area contributed by atoms with Gasteiger partial charge in [0.2, 0.25) is 11.8 Å². The molecule has 1 fully saturated rings. The standard InChI is InChI=1S/C16H18FN3O4/c1-9(21)20-4-2-10(3-5-20)16(23)19-13-7-11(17)6-12-15(13)24-8-14(22)18-12/h6-7,10H,2-5,8H2,1H3,(H,18,22)(H,19,23). The number of amides is 3. The summed E-state index contributed by atoms with van der Waals surface area (Å²) in [5.74, 6) is -1.20. The second-order valence-electron chi connectivity index (χ2n) is 5.94. The summed E-state index contributed by atoms with van der Waals surface area (Å²) in [6, 6.07) is 2.31. The SMILES string of the molecule is CC(=O)N1CCC(C(=O)Nc2cc(F)cc3c2OCC(=O)N3)CC1. The molecule has 0 spiro atoms. The van der Waals surface area contributed by atoms with E-state index in [0.29, 0.717) is 25.9 Å². The summed E-state index contributed by atoms with van der Waals surface area (Å²) in [6.45, 7) is 2.38. The van der Waals surface area contributed by atoms with E-state index in [1.165, 1.54) is 13.0 Å². The van der Waals surface area contributed by atoms with Gasteiger partial charge in [-0.3, -0.25) is 14.4 Å². The van der Waals surface area contributed by atoms with Crippen LogP contribution in [0.1, 0.15) is 19.8 Å². The van der Waals surface area contributed by atoms with Crippen molar-refractivity contribution in [3.05, 3.63) is 17.9 Å². The summed E-state index contributed by atoms with van der Waals surface area (Å²) < 4.78 is 19.0. The first-order valence-electron chi connectivity index (χ1n) is 7.76. The first kappa shape index (κ1) is 16.2. The van der Waals surface area contributed by atoms with Crippen molar-refractivity contribution in [3.8, 4) is 5.75 Å². The molecule has 0 atom stereocenters. The number of ether oxygens (including phenoxy) is 1. The Hall–Kier alpha value is -2.64. The van der Waals surface area contributed by atoms with Crippen LogP contribution in [0.15, 0.2) is 12.1 Å². The van der Waals surface area contributed by atoms with Crippen LogP contribution in [0.4, 0.5) is 15.8 Å². The van der Waals surface area contributed by atoms with E-state index in [1.54, 1.807) is 4.90 Å². The molecule has 1 saturated heterocycles. The number of fused-ring (bicyclic) bond motifs is 1. The molecule has 1 aromatic rings. The normalized spacial score (nSPS) is 17.6. The third-order valence-corrected chi connectivity index (χ3v) is 4.24. The van der Waals surface area contributed by atoms with Crippen molar-refractivity contribution in [2.45, 2.75) is 19.8 Å². The Morgan fingerprint density at radius 2 is 2.04 bits per heavy atom. The van der Waals surface area contributed by atoms with E-state index >= 15 is 0 Å². The van der Waals surface area contributed by atoms with Crippen LogP contribution in [0.5, 0.6) is 5.75 Å². The number of anilines is 2. The van der Waals surface area contributed by atoms with Crippen LogP contribution < -0.4 is 15.4 Å². The van der Waals surface area contributed by atoms with E-state index in [9.17, 15) is 18.8 Å². The van der Waals surface area contributed by atoms with Crippen LogP contribution in [-0.4, -0.2) is 42.3 Å². The van der Waals surface area contributed by atoms with Gasteiger partial charge in [0.25, 0.3) is 5.91 Å². The molecule has 0 unspecified atom stereocenters. The van der Waals surface area contributed by atoms with Gasteiger partial charge in [-0.25, -0.2) is 4.39 Å². The van der Waals surface area contributed by atoms with Crippen LogP contribution in [0.3, 0.4) is 0 Å². The molecular formula is C16H18FN3O4. The lowest BCUT2D eigenvalue weighted by atomic mass is 9.95. The number of nitrogens with zero attached hydrogens (tertiary/aromatic N) is 1. The van der Waals surface area contributed by atoms with Crippen molar-refractivity contribution in [2.24, 2.45) is 5.92 Å². The number of benzene rings is 1. The van der Waals surface area contributed by atoms with Crippen LogP contribution in [-0.2, 0) is 14.4 Å². The molecule has 0 bridgehead atoms. The number of likely N-dealkylation sites (tertiary alicyclic amines) is 1. The first-order valence-corrected chi connectivity index (χ1v) is 7.76. The van der Waals surface area contributed by atoms with Gasteiger partial charge in [0, 0.05) is 38.1 Å². The van der Waals surface area contributed by atoms with E-state index in [1.807, 2.05) is 0 Å². The second kappa shape index (κ2) is 6.46. The van der Waals surface area contributed by atoms with Gasteiger partial charge in [0.15, 0.2) is 12.4 Å². The molecule has 0 radical (unpaired) electrons. The zero-order valence-corrected chi connectivity index (χ0v) is 13.2. The molecule has 2 aliphatic heterocycles. The van der Waals surface area contributed by atoms with E-state index < -0.39 is 5.82 Å². The lowest BCUT2D eigenvalue weighted by Crippen LogP contribution is -2.40. The Morgan fingerprint density at radius 1 is 1.33 bits per heavy atom. The van der Waals surface area contributed by atoms with Gasteiger partial charge in [0.1, 0.15) is 5.82 Å². The number of rotatable bonds is 2. The quantitative estimate of drug-likeness (QED) is 0.854. The van der Waals surface area contributed by atoms with Gasteiger partial charge in [-0.2, -0.15) is 0 Å². The number of carbonyl (C=O) groups is 3. The molecule has 3 amide bonds. The van der Waals surface area contributed by atoms with Gasteiger partial charge < -0.3 is 20.3 Å². The molecule has 3 rings (SSSR count). The molecule has 128 valence electrons. The van der Waals surface area contributed by atoms with Crippen LogP contribution >= 0.6 is 0 Å². The maximum atomic E-state index is 13.7. The van der Waals surface area contributed by atoms with Gasteiger partial charge in [-0.15, -0.1) is 0 Å². The zero-order chi connectivity index (χ0) is 17.3. The molecule has 2 N–H and O–H groups in total. The molecular weight excluding hydrogens is 317 g/mol. The van der Waals surface area contributed by atoms with Crippen molar-refractivity contribution in [1.29, 1.82) is 0 Å². The number of halogens is 1. The Labute approximate surface area is 138 Å². The Morgan fingerprint density at radius 3 is 2.71 bits per heavy atom. The number of piperidine rings is 1. The van der Waals surface area contributed by atoms with Crippen LogP contribution in [0, 0.1) is 11.7 Å². The fourth-order valence-electron chi connectivity index (χ4n) is 2.95. The van der Waals surface area contributed by atoms with E-state index in [-0.39, 0.29) is 47.4 Å². The van der Waals surface area contributed by atoms with E-state index in [4.69, 9.17) is 4.74 Å². The molecule has 0 aliphatic carbocycles. The number of hydrogen-bond acceptors (Lipinski definition) is 4. The predicted molar refractivity (Wildman–Crippen MR) is 84.1 cm³/mol. The second-order valence-corrected chi connectivity index (χ2v) is 5.94. The minimum absolute atomic E-state index is 0.00259. The molecule has 2 heterocycles. The van der Waals surface area contributed by atoms with Crippen molar-refractivity contribution < 1.29 is 23.5 Å². The zero-order valence-electron chi connectivity index (χ0n) is 13.2. The Balaban J connectivity index is 1.71. The fourth-order valence-corrected chi connectivity index (χ4v) is 2.95. The molecule has 7 nitrogen and oxygen atoms in total. The largest absolute Gasteiger partial charge is 0.479 e. The smallest absolute Gasteiger partial charge is 0.262 e. The molecule has 8 heteroatoms. The average Bonchev–Trinajstić information content (AvgIpc) is 2.54. The van der Waals surface area contributed by atoms with Gasteiger partial charge in [-0.1, -0.05) is 0 Å². The molecule has 0 aromatic heterocycles. The monoisotopic (exact) mass is 335 g/mol. The van der Waals surface area contributed by atoms with Crippen molar-refractivity contribution >= 4 is 29.1 Å². The van der Waals surface area contributed by atoms with Gasteiger partial charge in [-0.05, 0) is 12.8 Å². The highest BCUT2D eigenvalue weighted by Gasteiger charge is 2.28. The van der Waals surface area contributed by atoms with Crippen LogP contribution in [0.25, 0.3) is 0 Å². The summed E-state index contributed by atoms with van der Waals surface area (Å²) >= 11 is 0. The topological polar surface area (TPSA) is 87.7 Å². The lowest BCUT2D eigenvalue weighted by molar-refractivity contribution is -0.132. The highest BCUT2D eigenvalue weighted by atomic mass is 19.1. The highest BCUT2D eigenvalue weighted by molar-refractivity contribution is 6.00. The number of carbonyl (C=O) groups excluding carboxylic acids is 3. The number of nitrogens with one attached hydrogen (secondary N) is 2. The molecule has 0 saturated carbocycles. The van der Waals surface area contributed by atoms with Crippen molar-refractivity contribution in [1.82, 2.24) is 4.90 Å². The molecule has 2 aliphatic rings. The maximum Gasteiger partial charge on any atom is 0.262 e. The third kappa shape index (κ3) is 3.32. The first-order chi connectivity index (χ1) is 11.4. The summed E-state index contributed by atoms with van der Waals surface area (Å²) in [5, 5.41) is 5.19. The van der Waals surface area contributed by atoms with Crippen molar-refractivity contribution in [3.63, 3.8) is 0 Å². The van der Waals surface area contributed by atoms with E-state index in [2.05, 4.69) is 10.6 Å². The minimum Gasteiger partial charge on any atom is -0.479 e. The highest BCUT2D eigenvalue weighted by Crippen LogP contribution is 2.37. The lowest BCUT2D eigenvalue weighted by Gasteiger charge is -2.30. The average molecular weight is 335 g/mol. The summed E-state index contributed by atoms with van der Waals surface area (Å²) in [7, 11) is 0. The van der Waals surface area contributed by atoms with Gasteiger partial charge >= 0.3 is 0 Å². The molecule has 24 heavy (non-hydrogen) atoms. The van der Waals surface area contributed by atoms with Crippen LogP contribution in [0.2, 0.25) is 0 Å². The summed E-state index contributed by atoms with van der Waals surface area (Å²) in [4.78, 5) is 36.8. The summed E-state index contributed by atoms with van der Waals surface area (Å²) in [6.07, 6.45) is 1.11. The van der Waals surface area contributed by atoms with E-state index in [0.717, 1.165) is 6.07 Å². The Kier molecular flexibility index (Phi) is 4.37. The Bertz CT molecular complexity index is 699. The van der Waals surface area contributed by atoms with Crippen molar-refractivity contribution in [2.75, 3.05) is 30.3 Å².